The van der Waals surface area contributed by atoms with Crippen molar-refractivity contribution in [2.45, 2.75) is 6.92 Å². The smallest absolute Gasteiger partial charge is 0.331 e. The van der Waals surface area contributed by atoms with E-state index in [2.05, 4.69) is 21.2 Å². The average Bonchev–Trinajstić information content (AvgIpc) is 2.56. The molecule has 2 aromatic carbocycles. The van der Waals surface area contributed by atoms with Crippen LogP contribution in [0.15, 0.2) is 53.0 Å². The lowest BCUT2D eigenvalue weighted by Gasteiger charge is -2.09. The van der Waals surface area contributed by atoms with Gasteiger partial charge in [0.15, 0.2) is 6.61 Å². The lowest BCUT2D eigenvalue weighted by Crippen LogP contribution is -2.20. The lowest BCUT2D eigenvalue weighted by atomic mass is 10.2. The monoisotopic (exact) mass is 407 g/mol. The van der Waals surface area contributed by atoms with Gasteiger partial charge in [0.05, 0.1) is 0 Å². The minimum absolute atomic E-state index is 0.366. The summed E-state index contributed by atoms with van der Waals surface area (Å²) in [7, 11) is 0. The Morgan fingerprint density at radius 3 is 2.62 bits per heavy atom. The van der Waals surface area contributed by atoms with Gasteiger partial charge in [-0.25, -0.2) is 4.79 Å². The van der Waals surface area contributed by atoms with Gasteiger partial charge in [-0.2, -0.15) is 0 Å². The number of hydrogen-bond acceptors (Lipinski definition) is 3. The molecule has 24 heavy (non-hydrogen) atoms. The van der Waals surface area contributed by atoms with Crippen molar-refractivity contribution in [2.75, 3.05) is 11.9 Å². The molecule has 0 aliphatic rings. The van der Waals surface area contributed by atoms with Crippen LogP contribution in [0.4, 0.5) is 5.69 Å². The maximum Gasteiger partial charge on any atom is 0.331 e. The zero-order valence-electron chi connectivity index (χ0n) is 12.9. The summed E-state index contributed by atoms with van der Waals surface area (Å²) in [5.41, 5.74) is 2.21. The van der Waals surface area contributed by atoms with Gasteiger partial charge in [0.25, 0.3) is 5.91 Å². The third kappa shape index (κ3) is 5.51. The van der Waals surface area contributed by atoms with Crippen molar-refractivity contribution in [1.29, 1.82) is 0 Å². The van der Waals surface area contributed by atoms with E-state index in [0.717, 1.165) is 15.6 Å². The van der Waals surface area contributed by atoms with Crippen molar-refractivity contribution in [3.8, 4) is 0 Å². The van der Waals surface area contributed by atoms with Crippen LogP contribution in [0.5, 0.6) is 0 Å². The Hall–Kier alpha value is -2.11. The molecule has 0 aromatic heterocycles. The van der Waals surface area contributed by atoms with Gasteiger partial charge in [0, 0.05) is 21.3 Å². The second-order valence-electron chi connectivity index (χ2n) is 4.95. The minimum Gasteiger partial charge on any atom is -0.452 e. The summed E-state index contributed by atoms with van der Waals surface area (Å²) in [6.45, 7) is 1.43. The van der Waals surface area contributed by atoms with E-state index in [1.807, 2.05) is 24.3 Å². The predicted molar refractivity (Wildman–Crippen MR) is 99.0 cm³/mol. The van der Waals surface area contributed by atoms with Gasteiger partial charge in [0.2, 0.25) is 0 Å². The Labute approximate surface area is 153 Å². The summed E-state index contributed by atoms with van der Waals surface area (Å²) in [6, 6.07) is 12.6. The molecule has 0 bridgehead atoms. The summed E-state index contributed by atoms with van der Waals surface area (Å²) >= 11 is 9.32. The van der Waals surface area contributed by atoms with E-state index in [9.17, 15) is 9.59 Å². The number of carbonyl (C=O) groups excluding carboxylic acids is 2. The second-order valence-corrected chi connectivity index (χ2v) is 6.28. The third-order valence-corrected chi connectivity index (χ3v) is 4.11. The molecule has 0 unspecified atom stereocenters. The molecule has 0 spiro atoms. The summed E-state index contributed by atoms with van der Waals surface area (Å²) in [5, 5.41) is 3.21. The first kappa shape index (κ1) is 18.2. The number of rotatable bonds is 5. The number of ether oxygens (including phenoxy) is 1. The predicted octanol–water partition coefficient (Wildman–Crippen LogP) is 4.61. The molecule has 2 rings (SSSR count). The Morgan fingerprint density at radius 1 is 1.21 bits per heavy atom. The average molecular weight is 409 g/mol. The lowest BCUT2D eigenvalue weighted by molar-refractivity contribution is -0.142. The number of benzene rings is 2. The summed E-state index contributed by atoms with van der Waals surface area (Å²) in [5.74, 6) is -1.01. The van der Waals surface area contributed by atoms with E-state index in [0.29, 0.717) is 10.7 Å². The normalized spacial score (nSPS) is 10.6. The molecule has 0 saturated heterocycles. The van der Waals surface area contributed by atoms with Gasteiger partial charge in [-0.3, -0.25) is 4.79 Å². The molecular weight excluding hydrogens is 394 g/mol. The molecule has 124 valence electrons. The fourth-order valence-corrected chi connectivity index (χ4v) is 2.29. The first-order chi connectivity index (χ1) is 11.5. The van der Waals surface area contributed by atoms with E-state index >= 15 is 0 Å². The molecule has 0 atom stereocenters. The van der Waals surface area contributed by atoms with Crippen molar-refractivity contribution in [2.24, 2.45) is 0 Å². The van der Waals surface area contributed by atoms with Crippen molar-refractivity contribution in [3.05, 3.63) is 69.2 Å². The van der Waals surface area contributed by atoms with Gasteiger partial charge in [0.1, 0.15) is 0 Å². The fraction of sp³-hybridized carbons (Fsp3) is 0.111. The van der Waals surface area contributed by atoms with Gasteiger partial charge in [-0.1, -0.05) is 45.7 Å². The number of nitrogens with one attached hydrogen (secondary N) is 1. The van der Waals surface area contributed by atoms with Crippen molar-refractivity contribution >= 4 is 51.2 Å². The number of anilines is 1. The number of carbonyl (C=O) groups is 2. The van der Waals surface area contributed by atoms with Gasteiger partial charge in [-0.15, -0.1) is 0 Å². The van der Waals surface area contributed by atoms with Crippen LogP contribution in [0.1, 0.15) is 11.1 Å². The molecular formula is C18H15BrClNO3. The van der Waals surface area contributed by atoms with E-state index in [-0.39, 0.29) is 6.61 Å². The van der Waals surface area contributed by atoms with Crippen molar-refractivity contribution in [1.82, 2.24) is 0 Å². The summed E-state index contributed by atoms with van der Waals surface area (Å²) < 4.78 is 5.87. The highest BCUT2D eigenvalue weighted by Gasteiger charge is 2.08. The number of halogens is 2. The zero-order chi connectivity index (χ0) is 17.5. The molecule has 0 aliphatic heterocycles. The Morgan fingerprint density at radius 2 is 1.92 bits per heavy atom. The van der Waals surface area contributed by atoms with Crippen molar-refractivity contribution < 1.29 is 14.3 Å². The molecule has 0 aliphatic carbocycles. The Balaban J connectivity index is 1.84. The van der Waals surface area contributed by atoms with Crippen LogP contribution >= 0.6 is 27.5 Å². The van der Waals surface area contributed by atoms with Crippen LogP contribution in [0.2, 0.25) is 5.02 Å². The van der Waals surface area contributed by atoms with Crippen LogP contribution < -0.4 is 5.32 Å². The molecule has 6 heteroatoms. The fourth-order valence-electron chi connectivity index (χ4n) is 1.85. The largest absolute Gasteiger partial charge is 0.452 e. The molecule has 1 amide bonds. The van der Waals surface area contributed by atoms with Crippen LogP contribution in [-0.2, 0) is 14.3 Å². The standard InChI is InChI=1S/C18H15BrClNO3/c1-12-15(20)3-2-4-16(12)21-17(22)11-24-18(23)10-7-13-5-8-14(19)9-6-13/h2-10H,11H2,1H3,(H,21,22)/b10-7+. The molecule has 4 nitrogen and oxygen atoms in total. The topological polar surface area (TPSA) is 55.4 Å². The quantitative estimate of drug-likeness (QED) is 0.581. The SMILES string of the molecule is Cc1c(Cl)cccc1NC(=O)COC(=O)/C=C/c1ccc(Br)cc1. The van der Waals surface area contributed by atoms with Crippen LogP contribution in [0.3, 0.4) is 0 Å². The molecule has 0 saturated carbocycles. The minimum atomic E-state index is -0.587. The summed E-state index contributed by atoms with van der Waals surface area (Å²) in [4.78, 5) is 23.5. The highest BCUT2D eigenvalue weighted by Crippen LogP contribution is 2.22. The van der Waals surface area contributed by atoms with E-state index < -0.39 is 11.9 Å². The number of amides is 1. The Kier molecular flexibility index (Phi) is 6.58. The van der Waals surface area contributed by atoms with Crippen LogP contribution in [0.25, 0.3) is 6.08 Å². The third-order valence-electron chi connectivity index (χ3n) is 3.17. The van der Waals surface area contributed by atoms with Gasteiger partial charge < -0.3 is 10.1 Å². The van der Waals surface area contributed by atoms with Crippen LogP contribution in [0, 0.1) is 6.92 Å². The van der Waals surface area contributed by atoms with Gasteiger partial charge >= 0.3 is 5.97 Å². The molecule has 2 aromatic rings. The van der Waals surface area contributed by atoms with E-state index in [1.165, 1.54) is 6.08 Å². The highest BCUT2D eigenvalue weighted by molar-refractivity contribution is 9.10. The molecule has 1 N–H and O–H groups in total. The molecule has 0 heterocycles. The highest BCUT2D eigenvalue weighted by atomic mass is 79.9. The number of hydrogen-bond donors (Lipinski definition) is 1. The van der Waals surface area contributed by atoms with E-state index in [4.69, 9.17) is 16.3 Å². The molecule has 0 fully saturated rings. The molecule has 0 radical (unpaired) electrons. The maximum absolute atomic E-state index is 11.8. The first-order valence-electron chi connectivity index (χ1n) is 7.11. The maximum atomic E-state index is 11.8. The second kappa shape index (κ2) is 8.66. The summed E-state index contributed by atoms with van der Waals surface area (Å²) in [6.07, 6.45) is 2.90. The van der Waals surface area contributed by atoms with Crippen molar-refractivity contribution in [3.63, 3.8) is 0 Å². The van der Waals surface area contributed by atoms with E-state index in [1.54, 1.807) is 31.2 Å². The number of esters is 1. The zero-order valence-corrected chi connectivity index (χ0v) is 15.2. The van der Waals surface area contributed by atoms with Gasteiger partial charge in [-0.05, 0) is 48.4 Å². The Bertz CT molecular complexity index is 772. The first-order valence-corrected chi connectivity index (χ1v) is 8.28. The van der Waals surface area contributed by atoms with Crippen LogP contribution in [-0.4, -0.2) is 18.5 Å².